The lowest BCUT2D eigenvalue weighted by Gasteiger charge is -2.17. The first kappa shape index (κ1) is 20.2. The van der Waals surface area contributed by atoms with Gasteiger partial charge < -0.3 is 9.47 Å². The van der Waals surface area contributed by atoms with Gasteiger partial charge in [-0.25, -0.2) is 32.8 Å². The molecule has 0 unspecified atom stereocenters. The summed E-state index contributed by atoms with van der Waals surface area (Å²) in [6.45, 7) is 3.58. The molecule has 10 heteroatoms. The predicted molar refractivity (Wildman–Crippen MR) is 59.8 cm³/mol. The van der Waals surface area contributed by atoms with Crippen LogP contribution in [0.2, 0.25) is 0 Å². The average molecular weight is 338 g/mol. The molecule has 0 N–H and O–H groups in total. The standard InChI is InChI=1S/C12H16NO4.ClHO4/c1-7-9(11(14)16-4)6-10(12(15)17-5)8(2)13(7)3;2-1(3,4)5/h6H,1-5H3;(H,2,3,4,5)/q+1;/p-1. The molecule has 0 spiro atoms. The van der Waals surface area contributed by atoms with E-state index in [2.05, 4.69) is 9.47 Å². The highest BCUT2D eigenvalue weighted by atomic mass is 35.7. The molecule has 9 nitrogen and oxygen atoms in total. The van der Waals surface area contributed by atoms with Gasteiger partial charge in [0.05, 0.1) is 14.2 Å². The van der Waals surface area contributed by atoms with Crippen LogP contribution >= 0.6 is 0 Å². The molecule has 0 atom stereocenters. The zero-order valence-corrected chi connectivity index (χ0v) is 13.4. The Kier molecular flexibility index (Phi) is 7.36. The number of hydrogen-bond acceptors (Lipinski definition) is 8. The second kappa shape index (κ2) is 8.01. The Morgan fingerprint density at radius 1 is 0.955 bits per heavy atom. The molecule has 0 amide bonds. The largest absolute Gasteiger partial charge is 0.465 e. The normalized spacial score (nSPS) is 10.4. The molecule has 22 heavy (non-hydrogen) atoms. The lowest BCUT2D eigenvalue weighted by Crippen LogP contribution is -2.68. The van der Waals surface area contributed by atoms with Crippen LogP contribution in [0.5, 0.6) is 0 Å². The van der Waals surface area contributed by atoms with E-state index in [1.165, 1.54) is 20.3 Å². The first-order valence-corrected chi connectivity index (χ1v) is 6.96. The third-order valence-electron chi connectivity index (χ3n) is 2.89. The van der Waals surface area contributed by atoms with Crippen LogP contribution in [0.15, 0.2) is 6.07 Å². The van der Waals surface area contributed by atoms with E-state index in [1.807, 2.05) is 0 Å². The minimum absolute atomic E-state index is 0.362. The molecular weight excluding hydrogens is 322 g/mol. The van der Waals surface area contributed by atoms with Gasteiger partial charge in [-0.1, -0.05) is 0 Å². The number of aromatic nitrogens is 1. The molecule has 0 aromatic carbocycles. The van der Waals surface area contributed by atoms with Crippen molar-refractivity contribution in [2.75, 3.05) is 14.2 Å². The fourth-order valence-corrected chi connectivity index (χ4v) is 1.60. The van der Waals surface area contributed by atoms with Crippen molar-refractivity contribution < 1.29 is 52.5 Å². The van der Waals surface area contributed by atoms with Crippen LogP contribution < -0.4 is 23.2 Å². The van der Waals surface area contributed by atoms with Crippen molar-refractivity contribution in [3.8, 4) is 0 Å². The van der Waals surface area contributed by atoms with Crippen LogP contribution in [0.25, 0.3) is 0 Å². The maximum absolute atomic E-state index is 11.6. The number of esters is 2. The van der Waals surface area contributed by atoms with Crippen LogP contribution in [0.1, 0.15) is 32.1 Å². The third-order valence-corrected chi connectivity index (χ3v) is 2.89. The van der Waals surface area contributed by atoms with E-state index in [-0.39, 0.29) is 0 Å². The van der Waals surface area contributed by atoms with Crippen molar-refractivity contribution in [1.82, 2.24) is 0 Å². The molecular formula is C12H16ClNO8. The van der Waals surface area contributed by atoms with Gasteiger partial charge in [-0.3, -0.25) is 0 Å². The topological polar surface area (TPSA) is 149 Å². The second-order valence-corrected chi connectivity index (χ2v) is 4.82. The van der Waals surface area contributed by atoms with Gasteiger partial charge in [0.15, 0.2) is 11.4 Å². The summed E-state index contributed by atoms with van der Waals surface area (Å²) >= 11 is 0. The van der Waals surface area contributed by atoms with Crippen molar-refractivity contribution in [3.63, 3.8) is 0 Å². The van der Waals surface area contributed by atoms with Gasteiger partial charge in [-0.05, 0) is 6.07 Å². The van der Waals surface area contributed by atoms with Gasteiger partial charge >= 0.3 is 11.9 Å². The molecule has 0 saturated heterocycles. The summed E-state index contributed by atoms with van der Waals surface area (Å²) in [7, 11) is -0.553. The summed E-state index contributed by atoms with van der Waals surface area (Å²) in [5.74, 6) is -0.938. The first-order chi connectivity index (χ1) is 9.93. The molecule has 0 saturated carbocycles. The highest BCUT2D eigenvalue weighted by molar-refractivity contribution is 5.95. The van der Waals surface area contributed by atoms with Crippen molar-refractivity contribution in [3.05, 3.63) is 28.6 Å². The highest BCUT2D eigenvalue weighted by Gasteiger charge is 2.25. The fourth-order valence-electron chi connectivity index (χ4n) is 1.60. The maximum Gasteiger partial charge on any atom is 0.344 e. The molecule has 1 aromatic heterocycles. The quantitative estimate of drug-likeness (QED) is 0.391. The minimum Gasteiger partial charge on any atom is -0.465 e. The molecule has 0 fully saturated rings. The van der Waals surface area contributed by atoms with E-state index in [9.17, 15) is 9.59 Å². The lowest BCUT2D eigenvalue weighted by molar-refractivity contribution is -2.00. The number of carbonyl (C=O) groups is 2. The number of nitrogens with zero attached hydrogens (tertiary/aromatic N) is 1. The van der Waals surface area contributed by atoms with Crippen molar-refractivity contribution in [2.24, 2.45) is 7.05 Å². The summed E-state index contributed by atoms with van der Waals surface area (Å²) in [4.78, 5) is 23.1. The van der Waals surface area contributed by atoms with E-state index in [1.54, 1.807) is 25.5 Å². The predicted octanol–water partition coefficient (Wildman–Crippen LogP) is -4.05. The lowest BCUT2D eigenvalue weighted by atomic mass is 10.1. The van der Waals surface area contributed by atoms with Gasteiger partial charge in [0.1, 0.15) is 18.2 Å². The van der Waals surface area contributed by atoms with Gasteiger partial charge in [-0.15, -0.1) is 10.2 Å². The Morgan fingerprint density at radius 3 is 1.45 bits per heavy atom. The van der Waals surface area contributed by atoms with Crippen LogP contribution in [-0.2, 0) is 16.5 Å². The number of ether oxygens (including phenoxy) is 2. The number of halogens is 1. The van der Waals surface area contributed by atoms with Crippen molar-refractivity contribution >= 4 is 11.9 Å². The second-order valence-electron chi connectivity index (χ2n) is 4.06. The summed E-state index contributed by atoms with van der Waals surface area (Å²) in [5, 5.41) is 0. The number of methoxy groups -OCH3 is 2. The van der Waals surface area contributed by atoms with Gasteiger partial charge in [-0.2, -0.15) is 0 Å². The monoisotopic (exact) mass is 337 g/mol. The SMILES string of the molecule is COC(=O)c1cc(C(=O)OC)c(C)[n+](C)c1C.[O-][Cl+3]([O-])([O-])[O-]. The zero-order valence-electron chi connectivity index (χ0n) is 12.7. The Balaban J connectivity index is 0.000000763. The molecule has 0 aliphatic carbocycles. The average Bonchev–Trinajstić information content (AvgIpc) is 2.41. The third kappa shape index (κ3) is 5.92. The van der Waals surface area contributed by atoms with Crippen LogP contribution in [-0.4, -0.2) is 26.2 Å². The van der Waals surface area contributed by atoms with Gasteiger partial charge in [0.2, 0.25) is 0 Å². The molecule has 0 aliphatic heterocycles. The van der Waals surface area contributed by atoms with Crippen LogP contribution in [0.3, 0.4) is 0 Å². The Hall–Kier alpha value is -1.78. The number of carbonyl (C=O) groups excluding carboxylic acids is 2. The van der Waals surface area contributed by atoms with Crippen molar-refractivity contribution in [2.45, 2.75) is 13.8 Å². The number of hydrogen-bond donors (Lipinski definition) is 0. The van der Waals surface area contributed by atoms with E-state index in [0.29, 0.717) is 11.1 Å². The van der Waals surface area contributed by atoms with E-state index in [4.69, 9.17) is 18.6 Å². The molecule has 1 rings (SSSR count). The molecule has 1 aromatic rings. The van der Waals surface area contributed by atoms with E-state index < -0.39 is 22.2 Å². The van der Waals surface area contributed by atoms with E-state index in [0.717, 1.165) is 11.4 Å². The summed E-state index contributed by atoms with van der Waals surface area (Å²) < 4.78 is 45.1. The molecule has 1 heterocycles. The zero-order chi connectivity index (χ0) is 17.7. The van der Waals surface area contributed by atoms with Gasteiger partial charge in [0.25, 0.3) is 0 Å². The van der Waals surface area contributed by atoms with Gasteiger partial charge in [0, 0.05) is 13.8 Å². The molecule has 0 aliphatic rings. The van der Waals surface area contributed by atoms with Crippen LogP contribution in [0.4, 0.5) is 0 Å². The molecule has 0 bridgehead atoms. The Morgan fingerprint density at radius 2 is 1.23 bits per heavy atom. The summed E-state index contributed by atoms with van der Waals surface area (Å²) in [6, 6.07) is 1.50. The smallest absolute Gasteiger partial charge is 0.344 e. The summed E-state index contributed by atoms with van der Waals surface area (Å²) in [6.07, 6.45) is 0. The Bertz CT molecular complexity index is 521. The van der Waals surface area contributed by atoms with Crippen molar-refractivity contribution in [1.29, 1.82) is 0 Å². The van der Waals surface area contributed by atoms with Crippen LogP contribution in [0, 0.1) is 24.1 Å². The minimum atomic E-state index is -4.94. The number of rotatable bonds is 2. The highest BCUT2D eigenvalue weighted by Crippen LogP contribution is 2.12. The first-order valence-electron chi connectivity index (χ1n) is 5.72. The summed E-state index contributed by atoms with van der Waals surface area (Å²) in [5.41, 5.74) is 2.20. The fraction of sp³-hybridized carbons (Fsp3) is 0.417. The number of pyridine rings is 1. The maximum atomic E-state index is 11.6. The Labute approximate surface area is 129 Å². The van der Waals surface area contributed by atoms with E-state index >= 15 is 0 Å². The molecule has 0 radical (unpaired) electrons. The molecule has 124 valence electrons.